The van der Waals surface area contributed by atoms with Gasteiger partial charge in [0, 0.05) is 18.3 Å². The van der Waals surface area contributed by atoms with Crippen molar-refractivity contribution in [3.05, 3.63) is 29.8 Å². The summed E-state index contributed by atoms with van der Waals surface area (Å²) >= 11 is 0. The average Bonchev–Trinajstić information content (AvgIpc) is 2.95. The van der Waals surface area contributed by atoms with Crippen LogP contribution in [0.2, 0.25) is 0 Å². The minimum atomic E-state index is 0.104. The van der Waals surface area contributed by atoms with Crippen LogP contribution < -0.4 is 4.90 Å². The van der Waals surface area contributed by atoms with Gasteiger partial charge in [0.15, 0.2) is 0 Å². The quantitative estimate of drug-likeness (QED) is 0.776. The van der Waals surface area contributed by atoms with E-state index in [1.54, 1.807) is 6.92 Å². The third-order valence-electron chi connectivity index (χ3n) is 4.26. The predicted octanol–water partition coefficient (Wildman–Crippen LogP) is 3.12. The van der Waals surface area contributed by atoms with E-state index in [0.29, 0.717) is 11.8 Å². The monoisotopic (exact) mass is 229 g/mol. The number of carbonyl (C=O) groups excluding carboxylic acids is 1. The Morgan fingerprint density at radius 2 is 1.94 bits per heavy atom. The van der Waals surface area contributed by atoms with E-state index in [2.05, 4.69) is 23.1 Å². The van der Waals surface area contributed by atoms with Gasteiger partial charge in [0.05, 0.1) is 5.92 Å². The second-order valence-corrected chi connectivity index (χ2v) is 5.31. The van der Waals surface area contributed by atoms with Gasteiger partial charge in [-0.25, -0.2) is 0 Å². The second-order valence-electron chi connectivity index (χ2n) is 5.31. The lowest BCUT2D eigenvalue weighted by Gasteiger charge is -2.27. The lowest BCUT2D eigenvalue weighted by Crippen LogP contribution is -2.33. The van der Waals surface area contributed by atoms with Crippen LogP contribution in [0.5, 0.6) is 0 Å². The van der Waals surface area contributed by atoms with Crippen molar-refractivity contribution in [2.24, 2.45) is 0 Å². The molecule has 1 aromatic carbocycles. The number of Topliss-reactive ketones (excluding diaryl/α,β-unsaturated/α-hetero) is 1. The first-order chi connectivity index (χ1) is 8.27. The zero-order valence-corrected chi connectivity index (χ0v) is 10.4. The van der Waals surface area contributed by atoms with Crippen molar-refractivity contribution < 1.29 is 4.79 Å². The Labute approximate surface area is 103 Å². The number of ketones is 1. The fraction of sp³-hybridized carbons (Fsp3) is 0.533. The molecule has 17 heavy (non-hydrogen) atoms. The van der Waals surface area contributed by atoms with E-state index in [0.717, 1.165) is 6.54 Å². The summed E-state index contributed by atoms with van der Waals surface area (Å²) < 4.78 is 0. The number of para-hydroxylation sites is 1. The van der Waals surface area contributed by atoms with Crippen LogP contribution in [0.25, 0.3) is 0 Å². The third-order valence-corrected chi connectivity index (χ3v) is 4.26. The minimum absolute atomic E-state index is 0.104. The van der Waals surface area contributed by atoms with E-state index in [4.69, 9.17) is 0 Å². The first-order valence-electron chi connectivity index (χ1n) is 6.63. The molecule has 1 aliphatic carbocycles. The summed E-state index contributed by atoms with van der Waals surface area (Å²) in [4.78, 5) is 14.2. The predicted molar refractivity (Wildman–Crippen MR) is 69.5 cm³/mol. The molecule has 0 aromatic heterocycles. The number of hydrogen-bond donors (Lipinski definition) is 0. The van der Waals surface area contributed by atoms with E-state index in [1.807, 2.05) is 6.07 Å². The Kier molecular flexibility index (Phi) is 2.65. The van der Waals surface area contributed by atoms with Crippen LogP contribution in [-0.4, -0.2) is 18.4 Å². The van der Waals surface area contributed by atoms with Crippen molar-refractivity contribution in [1.82, 2.24) is 0 Å². The van der Waals surface area contributed by atoms with E-state index < -0.39 is 0 Å². The molecule has 0 saturated heterocycles. The molecule has 1 fully saturated rings. The van der Waals surface area contributed by atoms with Gasteiger partial charge in [-0.3, -0.25) is 4.79 Å². The molecule has 3 rings (SSSR count). The van der Waals surface area contributed by atoms with Crippen LogP contribution in [0, 0.1) is 0 Å². The number of anilines is 1. The van der Waals surface area contributed by atoms with E-state index in [-0.39, 0.29) is 5.92 Å². The molecule has 1 aromatic rings. The maximum Gasteiger partial charge on any atom is 0.139 e. The van der Waals surface area contributed by atoms with Gasteiger partial charge >= 0.3 is 0 Å². The molecule has 0 bridgehead atoms. The number of carbonyl (C=O) groups is 1. The Morgan fingerprint density at radius 1 is 1.24 bits per heavy atom. The zero-order chi connectivity index (χ0) is 11.8. The van der Waals surface area contributed by atoms with Crippen LogP contribution >= 0.6 is 0 Å². The van der Waals surface area contributed by atoms with Crippen LogP contribution in [0.15, 0.2) is 24.3 Å². The van der Waals surface area contributed by atoms with Crippen LogP contribution in [0.1, 0.15) is 44.1 Å². The van der Waals surface area contributed by atoms with Crippen LogP contribution in [0.4, 0.5) is 5.69 Å². The molecule has 0 spiro atoms. The Morgan fingerprint density at radius 3 is 2.65 bits per heavy atom. The topological polar surface area (TPSA) is 20.3 Å². The lowest BCUT2D eigenvalue weighted by atomic mass is 9.98. The number of hydrogen-bond acceptors (Lipinski definition) is 2. The molecule has 1 unspecified atom stereocenters. The fourth-order valence-electron chi connectivity index (χ4n) is 3.35. The maximum atomic E-state index is 11.7. The van der Waals surface area contributed by atoms with Gasteiger partial charge in [-0.15, -0.1) is 0 Å². The third kappa shape index (κ3) is 1.76. The van der Waals surface area contributed by atoms with Gasteiger partial charge in [-0.05, 0) is 31.4 Å². The molecule has 1 aliphatic heterocycles. The molecule has 0 radical (unpaired) electrons. The molecule has 2 aliphatic rings. The maximum absolute atomic E-state index is 11.7. The molecule has 0 amide bonds. The number of nitrogens with zero attached hydrogens (tertiary/aromatic N) is 1. The van der Waals surface area contributed by atoms with Gasteiger partial charge in [0.25, 0.3) is 0 Å². The highest BCUT2D eigenvalue weighted by Crippen LogP contribution is 2.40. The SMILES string of the molecule is CC(=O)C1CN(C2CCCC2)c2ccccc21. The Balaban J connectivity index is 1.96. The lowest BCUT2D eigenvalue weighted by molar-refractivity contribution is -0.118. The average molecular weight is 229 g/mol. The molecule has 2 nitrogen and oxygen atoms in total. The highest BCUT2D eigenvalue weighted by Gasteiger charge is 2.35. The fourth-order valence-corrected chi connectivity index (χ4v) is 3.35. The van der Waals surface area contributed by atoms with Gasteiger partial charge < -0.3 is 4.90 Å². The second kappa shape index (κ2) is 4.17. The Hall–Kier alpha value is -1.31. The van der Waals surface area contributed by atoms with Crippen molar-refractivity contribution in [1.29, 1.82) is 0 Å². The summed E-state index contributed by atoms with van der Waals surface area (Å²) in [6, 6.07) is 9.10. The molecule has 1 saturated carbocycles. The molecule has 1 atom stereocenters. The molecular formula is C15H19NO. The van der Waals surface area contributed by atoms with Crippen molar-refractivity contribution in [2.45, 2.75) is 44.6 Å². The van der Waals surface area contributed by atoms with Gasteiger partial charge in [-0.1, -0.05) is 31.0 Å². The zero-order valence-electron chi connectivity index (χ0n) is 10.4. The Bertz CT molecular complexity index is 434. The first kappa shape index (κ1) is 10.8. The van der Waals surface area contributed by atoms with Gasteiger partial charge in [-0.2, -0.15) is 0 Å². The summed E-state index contributed by atoms with van der Waals surface area (Å²) in [5, 5.41) is 0. The highest BCUT2D eigenvalue weighted by atomic mass is 16.1. The largest absolute Gasteiger partial charge is 0.367 e. The highest BCUT2D eigenvalue weighted by molar-refractivity contribution is 5.88. The van der Waals surface area contributed by atoms with E-state index >= 15 is 0 Å². The molecule has 1 heterocycles. The standard InChI is InChI=1S/C15H19NO/c1-11(17)14-10-16(12-6-2-3-7-12)15-9-5-4-8-13(14)15/h4-5,8-9,12,14H,2-3,6-7,10H2,1H3. The molecular weight excluding hydrogens is 210 g/mol. The smallest absolute Gasteiger partial charge is 0.139 e. The van der Waals surface area contributed by atoms with Crippen molar-refractivity contribution in [3.63, 3.8) is 0 Å². The van der Waals surface area contributed by atoms with E-state index in [9.17, 15) is 4.79 Å². The van der Waals surface area contributed by atoms with Crippen molar-refractivity contribution in [3.8, 4) is 0 Å². The van der Waals surface area contributed by atoms with Gasteiger partial charge in [0.1, 0.15) is 5.78 Å². The number of rotatable bonds is 2. The summed E-state index contributed by atoms with van der Waals surface area (Å²) in [7, 11) is 0. The normalized spacial score (nSPS) is 24.1. The number of benzene rings is 1. The molecule has 2 heteroatoms. The summed E-state index contributed by atoms with van der Waals surface area (Å²) in [6.45, 7) is 2.62. The minimum Gasteiger partial charge on any atom is -0.367 e. The molecule has 0 N–H and O–H groups in total. The van der Waals surface area contributed by atoms with Crippen molar-refractivity contribution in [2.75, 3.05) is 11.4 Å². The van der Waals surface area contributed by atoms with Crippen LogP contribution in [0.3, 0.4) is 0 Å². The van der Waals surface area contributed by atoms with E-state index in [1.165, 1.54) is 36.9 Å². The summed E-state index contributed by atoms with van der Waals surface area (Å²) in [5.74, 6) is 0.407. The molecule has 90 valence electrons. The summed E-state index contributed by atoms with van der Waals surface area (Å²) in [5.41, 5.74) is 2.55. The summed E-state index contributed by atoms with van der Waals surface area (Å²) in [6.07, 6.45) is 5.26. The van der Waals surface area contributed by atoms with Crippen LogP contribution in [-0.2, 0) is 4.79 Å². The van der Waals surface area contributed by atoms with Crippen molar-refractivity contribution >= 4 is 11.5 Å². The first-order valence-corrected chi connectivity index (χ1v) is 6.63. The van der Waals surface area contributed by atoms with Gasteiger partial charge in [0.2, 0.25) is 0 Å². The number of fused-ring (bicyclic) bond motifs is 1.